The molecular weight excluding hydrogens is 350 g/mol. The summed E-state index contributed by atoms with van der Waals surface area (Å²) in [7, 11) is 0. The van der Waals surface area contributed by atoms with Crippen LogP contribution < -0.4 is 10.6 Å². The second kappa shape index (κ2) is 7.89. The number of fused-ring (bicyclic) bond motifs is 1. The lowest BCUT2D eigenvalue weighted by Gasteiger charge is -2.20. The molecule has 0 spiro atoms. The lowest BCUT2D eigenvalue weighted by molar-refractivity contribution is -0.125. The molecule has 0 aliphatic rings. The maximum Gasteiger partial charge on any atom is 0.247 e. The van der Waals surface area contributed by atoms with E-state index in [4.69, 9.17) is 0 Å². The molecule has 3 aromatic rings. The third-order valence-electron chi connectivity index (χ3n) is 4.81. The van der Waals surface area contributed by atoms with E-state index >= 15 is 0 Å². The van der Waals surface area contributed by atoms with Crippen LogP contribution in [0.3, 0.4) is 0 Å². The molecule has 0 bridgehead atoms. The Bertz CT molecular complexity index is 981. The lowest BCUT2D eigenvalue weighted by atomic mass is 9.87. The molecule has 1 atom stereocenters. The number of carbonyl (C=O) groups excluding carboxylic acids is 2. The average Bonchev–Trinajstić information content (AvgIpc) is 3.03. The Morgan fingerprint density at radius 3 is 2.36 bits per heavy atom. The van der Waals surface area contributed by atoms with Gasteiger partial charge in [0.1, 0.15) is 6.04 Å². The Hall–Kier alpha value is -3.08. The Kier molecular flexibility index (Phi) is 5.54. The highest BCUT2D eigenvalue weighted by atomic mass is 16.2. The molecule has 3 rings (SSSR count). The van der Waals surface area contributed by atoms with E-state index < -0.39 is 6.04 Å². The van der Waals surface area contributed by atoms with Crippen molar-refractivity contribution in [2.24, 2.45) is 0 Å². The van der Waals surface area contributed by atoms with Gasteiger partial charge in [-0.05, 0) is 34.7 Å². The smallest absolute Gasteiger partial charge is 0.247 e. The van der Waals surface area contributed by atoms with Crippen molar-refractivity contribution < 1.29 is 9.59 Å². The number of hydrogen-bond donors (Lipinski definition) is 3. The maximum atomic E-state index is 12.9. The first-order chi connectivity index (χ1) is 13.2. The molecule has 1 aromatic heterocycles. The molecule has 5 nitrogen and oxygen atoms in total. The number of nitrogens with one attached hydrogen (secondary N) is 3. The van der Waals surface area contributed by atoms with Crippen LogP contribution >= 0.6 is 0 Å². The van der Waals surface area contributed by atoms with Gasteiger partial charge in [-0.2, -0.15) is 0 Å². The van der Waals surface area contributed by atoms with Crippen molar-refractivity contribution in [3.8, 4) is 0 Å². The molecule has 0 aliphatic heterocycles. The molecule has 2 amide bonds. The predicted octanol–water partition coefficient (Wildman–Crippen LogP) is 4.15. The third kappa shape index (κ3) is 4.60. The van der Waals surface area contributed by atoms with E-state index in [0.717, 1.165) is 16.5 Å². The number of H-pyrrole nitrogens is 1. The van der Waals surface area contributed by atoms with Crippen molar-refractivity contribution in [2.75, 3.05) is 5.32 Å². The molecule has 0 saturated heterocycles. The first kappa shape index (κ1) is 19.7. The third-order valence-corrected chi connectivity index (χ3v) is 4.81. The Morgan fingerprint density at radius 2 is 1.71 bits per heavy atom. The molecule has 1 heterocycles. The molecule has 146 valence electrons. The number of hydrogen-bond acceptors (Lipinski definition) is 2. The lowest BCUT2D eigenvalue weighted by Crippen LogP contribution is -2.44. The highest BCUT2D eigenvalue weighted by Crippen LogP contribution is 2.24. The summed E-state index contributed by atoms with van der Waals surface area (Å²) in [5.41, 5.74) is 3.97. The van der Waals surface area contributed by atoms with Gasteiger partial charge in [-0.25, -0.2) is 0 Å². The second-order valence-electron chi connectivity index (χ2n) is 8.13. The van der Waals surface area contributed by atoms with Crippen LogP contribution in [0, 0.1) is 0 Å². The number of anilines is 1. The first-order valence-electron chi connectivity index (χ1n) is 9.47. The molecule has 3 N–H and O–H groups in total. The van der Waals surface area contributed by atoms with Gasteiger partial charge in [-0.1, -0.05) is 51.1 Å². The SMILES string of the molecule is CC(=O)N[C@@H](Cc1c[nH]c2ccccc12)C(=O)Nc1ccc(C(C)(C)C)cc1. The number of rotatable bonds is 5. The summed E-state index contributed by atoms with van der Waals surface area (Å²) >= 11 is 0. The zero-order valence-corrected chi connectivity index (χ0v) is 16.8. The van der Waals surface area contributed by atoms with Gasteiger partial charge in [-0.3, -0.25) is 9.59 Å². The normalized spacial score (nSPS) is 12.6. The van der Waals surface area contributed by atoms with Gasteiger partial charge in [0, 0.05) is 36.1 Å². The highest BCUT2D eigenvalue weighted by molar-refractivity contribution is 5.97. The summed E-state index contributed by atoms with van der Waals surface area (Å²) in [6.07, 6.45) is 2.31. The largest absolute Gasteiger partial charge is 0.361 e. The zero-order chi connectivity index (χ0) is 20.3. The van der Waals surface area contributed by atoms with Crippen LogP contribution in [0.4, 0.5) is 5.69 Å². The fraction of sp³-hybridized carbons (Fsp3) is 0.304. The Morgan fingerprint density at radius 1 is 1.04 bits per heavy atom. The van der Waals surface area contributed by atoms with Gasteiger partial charge in [0.15, 0.2) is 0 Å². The molecule has 0 unspecified atom stereocenters. The van der Waals surface area contributed by atoms with Crippen LogP contribution in [-0.4, -0.2) is 22.8 Å². The number of carbonyl (C=O) groups is 2. The van der Waals surface area contributed by atoms with Gasteiger partial charge in [-0.15, -0.1) is 0 Å². The number of aromatic amines is 1. The van der Waals surface area contributed by atoms with E-state index in [2.05, 4.69) is 36.4 Å². The summed E-state index contributed by atoms with van der Waals surface area (Å²) < 4.78 is 0. The van der Waals surface area contributed by atoms with Crippen molar-refractivity contribution in [3.63, 3.8) is 0 Å². The number of amides is 2. The topological polar surface area (TPSA) is 74.0 Å². The second-order valence-corrected chi connectivity index (χ2v) is 8.13. The minimum absolute atomic E-state index is 0.0522. The van der Waals surface area contributed by atoms with Crippen molar-refractivity contribution in [3.05, 3.63) is 65.9 Å². The summed E-state index contributed by atoms with van der Waals surface area (Å²) in [6.45, 7) is 7.87. The fourth-order valence-electron chi connectivity index (χ4n) is 3.26. The van der Waals surface area contributed by atoms with Crippen molar-refractivity contribution >= 4 is 28.4 Å². The molecule has 0 saturated carbocycles. The minimum Gasteiger partial charge on any atom is -0.361 e. The standard InChI is InChI=1S/C23H27N3O2/c1-15(27)25-21(13-16-14-24-20-8-6-5-7-19(16)20)22(28)26-18-11-9-17(10-12-18)23(2,3)4/h5-12,14,21,24H,13H2,1-4H3,(H,25,27)(H,26,28)/t21-/m0/s1. The van der Waals surface area contributed by atoms with Crippen LogP contribution in [0.1, 0.15) is 38.8 Å². The van der Waals surface area contributed by atoms with Crippen molar-refractivity contribution in [2.45, 2.75) is 45.6 Å². The average molecular weight is 377 g/mol. The summed E-state index contributed by atoms with van der Waals surface area (Å²) in [6, 6.07) is 15.1. The molecule has 28 heavy (non-hydrogen) atoms. The van der Waals surface area contributed by atoms with E-state index in [0.29, 0.717) is 12.1 Å². The summed E-state index contributed by atoms with van der Waals surface area (Å²) in [5.74, 6) is -0.466. The van der Waals surface area contributed by atoms with E-state index in [-0.39, 0.29) is 17.2 Å². The van der Waals surface area contributed by atoms with Gasteiger partial charge in [0.25, 0.3) is 0 Å². The summed E-state index contributed by atoms with van der Waals surface area (Å²) in [4.78, 5) is 27.7. The van der Waals surface area contributed by atoms with Gasteiger partial charge >= 0.3 is 0 Å². The fourth-order valence-corrected chi connectivity index (χ4v) is 3.26. The highest BCUT2D eigenvalue weighted by Gasteiger charge is 2.22. The molecular formula is C23H27N3O2. The van der Waals surface area contributed by atoms with E-state index in [1.165, 1.54) is 12.5 Å². The van der Waals surface area contributed by atoms with Gasteiger partial charge in [0.05, 0.1) is 0 Å². The van der Waals surface area contributed by atoms with Gasteiger partial charge in [0.2, 0.25) is 11.8 Å². The van der Waals surface area contributed by atoms with E-state index in [9.17, 15) is 9.59 Å². The van der Waals surface area contributed by atoms with Crippen LogP contribution in [0.5, 0.6) is 0 Å². The van der Waals surface area contributed by atoms with Crippen LogP contribution in [-0.2, 0) is 21.4 Å². The zero-order valence-electron chi connectivity index (χ0n) is 16.8. The monoisotopic (exact) mass is 377 g/mol. The molecule has 0 fully saturated rings. The van der Waals surface area contributed by atoms with Crippen LogP contribution in [0.25, 0.3) is 10.9 Å². The first-order valence-corrected chi connectivity index (χ1v) is 9.47. The Labute approximate surface area is 165 Å². The van der Waals surface area contributed by atoms with Crippen LogP contribution in [0.2, 0.25) is 0 Å². The van der Waals surface area contributed by atoms with E-state index in [1.54, 1.807) is 0 Å². The number of aromatic nitrogens is 1. The number of benzene rings is 2. The predicted molar refractivity (Wildman–Crippen MR) is 113 cm³/mol. The molecule has 0 radical (unpaired) electrons. The van der Waals surface area contributed by atoms with Crippen LogP contribution in [0.15, 0.2) is 54.7 Å². The molecule has 2 aromatic carbocycles. The van der Waals surface area contributed by atoms with Crippen molar-refractivity contribution in [1.29, 1.82) is 0 Å². The quantitative estimate of drug-likeness (QED) is 0.625. The van der Waals surface area contributed by atoms with Crippen molar-refractivity contribution in [1.82, 2.24) is 10.3 Å². The number of para-hydroxylation sites is 1. The summed E-state index contributed by atoms with van der Waals surface area (Å²) in [5, 5.41) is 6.75. The maximum absolute atomic E-state index is 12.9. The molecule has 0 aliphatic carbocycles. The van der Waals surface area contributed by atoms with Gasteiger partial charge < -0.3 is 15.6 Å². The minimum atomic E-state index is -0.654. The Balaban J connectivity index is 1.77. The molecule has 5 heteroatoms. The van der Waals surface area contributed by atoms with E-state index in [1.807, 2.05) is 54.7 Å².